The van der Waals surface area contributed by atoms with E-state index in [1.807, 2.05) is 18.2 Å². The first-order chi connectivity index (χ1) is 10.7. The second-order valence-electron chi connectivity index (χ2n) is 5.19. The monoisotopic (exact) mass is 324 g/mol. The van der Waals surface area contributed by atoms with Gasteiger partial charge in [-0.15, -0.1) is 0 Å². The van der Waals surface area contributed by atoms with Crippen molar-refractivity contribution in [3.63, 3.8) is 0 Å². The lowest BCUT2D eigenvalue weighted by atomic mass is 10.2. The molecule has 4 nitrogen and oxygen atoms in total. The normalized spacial score (nSPS) is 10.2. The van der Waals surface area contributed by atoms with E-state index in [1.165, 1.54) is 0 Å². The van der Waals surface area contributed by atoms with E-state index in [2.05, 4.69) is 24.1 Å². The number of nitrogens with zero attached hydrogens (tertiary/aromatic N) is 1. The van der Waals surface area contributed by atoms with Crippen LogP contribution in [0.1, 0.15) is 39.5 Å². The SMILES string of the molecule is CCCCN(CCCC)C(=S)Nc1cc(OC)ccc1OC. The van der Waals surface area contributed by atoms with Gasteiger partial charge in [-0.3, -0.25) is 0 Å². The molecule has 0 aliphatic carbocycles. The number of anilines is 1. The minimum Gasteiger partial charge on any atom is -0.497 e. The van der Waals surface area contributed by atoms with E-state index >= 15 is 0 Å². The summed E-state index contributed by atoms with van der Waals surface area (Å²) in [4.78, 5) is 2.24. The van der Waals surface area contributed by atoms with Crippen molar-refractivity contribution in [3.05, 3.63) is 18.2 Å². The van der Waals surface area contributed by atoms with E-state index in [-0.39, 0.29) is 0 Å². The van der Waals surface area contributed by atoms with Crippen molar-refractivity contribution >= 4 is 23.0 Å². The van der Waals surface area contributed by atoms with Gasteiger partial charge in [-0.1, -0.05) is 26.7 Å². The minimum atomic E-state index is 0.744. The second kappa shape index (κ2) is 10.3. The molecule has 0 fully saturated rings. The Bertz CT molecular complexity index is 458. The number of benzene rings is 1. The standard InChI is InChI=1S/C17H28N2O2S/c1-5-7-11-19(12-8-6-2)17(22)18-15-13-14(20-3)9-10-16(15)21-4/h9-10,13H,5-8,11-12H2,1-4H3,(H,18,22). The van der Waals surface area contributed by atoms with Crippen LogP contribution in [-0.2, 0) is 0 Å². The molecule has 0 aromatic heterocycles. The van der Waals surface area contributed by atoms with Gasteiger partial charge in [0.15, 0.2) is 5.11 Å². The highest BCUT2D eigenvalue weighted by Gasteiger charge is 2.12. The molecule has 0 amide bonds. The number of methoxy groups -OCH3 is 2. The van der Waals surface area contributed by atoms with Crippen molar-refractivity contribution in [3.8, 4) is 11.5 Å². The third kappa shape index (κ3) is 5.72. The van der Waals surface area contributed by atoms with Gasteiger partial charge in [0.1, 0.15) is 11.5 Å². The maximum atomic E-state index is 5.59. The Kier molecular flexibility index (Phi) is 8.67. The Morgan fingerprint density at radius 3 is 2.23 bits per heavy atom. The average Bonchev–Trinajstić information content (AvgIpc) is 2.54. The lowest BCUT2D eigenvalue weighted by molar-refractivity contribution is 0.399. The zero-order valence-corrected chi connectivity index (χ0v) is 15.0. The summed E-state index contributed by atoms with van der Waals surface area (Å²) < 4.78 is 10.7. The fourth-order valence-electron chi connectivity index (χ4n) is 2.12. The summed E-state index contributed by atoms with van der Waals surface area (Å²) in [7, 11) is 3.31. The molecule has 0 unspecified atom stereocenters. The van der Waals surface area contributed by atoms with Crippen LogP contribution in [-0.4, -0.2) is 37.3 Å². The molecule has 1 N–H and O–H groups in total. The third-order valence-corrected chi connectivity index (χ3v) is 3.86. The molecule has 1 aromatic rings. The molecule has 1 rings (SSSR count). The number of hydrogen-bond donors (Lipinski definition) is 1. The molecule has 5 heteroatoms. The van der Waals surface area contributed by atoms with Crippen molar-refractivity contribution in [2.45, 2.75) is 39.5 Å². The summed E-state index contributed by atoms with van der Waals surface area (Å²) in [5.74, 6) is 1.54. The van der Waals surface area contributed by atoms with Gasteiger partial charge in [0.05, 0.1) is 19.9 Å². The topological polar surface area (TPSA) is 33.7 Å². The fraction of sp³-hybridized carbons (Fsp3) is 0.588. The molecular formula is C17H28N2O2S. The predicted molar refractivity (Wildman–Crippen MR) is 97.2 cm³/mol. The number of thiocarbonyl (C=S) groups is 1. The first-order valence-electron chi connectivity index (χ1n) is 7.94. The van der Waals surface area contributed by atoms with Crippen LogP contribution in [0.15, 0.2) is 18.2 Å². The van der Waals surface area contributed by atoms with Crippen LogP contribution in [0.2, 0.25) is 0 Å². The number of hydrogen-bond acceptors (Lipinski definition) is 3. The van der Waals surface area contributed by atoms with Crippen LogP contribution in [0, 0.1) is 0 Å². The molecule has 0 aliphatic rings. The van der Waals surface area contributed by atoms with Crippen LogP contribution in [0.4, 0.5) is 5.69 Å². The summed E-state index contributed by atoms with van der Waals surface area (Å²) in [5, 5.41) is 4.05. The van der Waals surface area contributed by atoms with Gasteiger partial charge in [0.25, 0.3) is 0 Å². The molecule has 0 heterocycles. The van der Waals surface area contributed by atoms with Crippen LogP contribution in [0.25, 0.3) is 0 Å². The Labute approximate surface area is 139 Å². The zero-order valence-electron chi connectivity index (χ0n) is 14.1. The molecule has 0 spiro atoms. The number of unbranched alkanes of at least 4 members (excludes halogenated alkanes) is 2. The molecule has 0 atom stereocenters. The lowest BCUT2D eigenvalue weighted by Gasteiger charge is -2.26. The summed E-state index contributed by atoms with van der Waals surface area (Å²) >= 11 is 5.59. The maximum Gasteiger partial charge on any atom is 0.173 e. The zero-order chi connectivity index (χ0) is 16.4. The summed E-state index contributed by atoms with van der Waals surface area (Å²) in [5.41, 5.74) is 0.838. The summed E-state index contributed by atoms with van der Waals surface area (Å²) in [6, 6.07) is 5.66. The summed E-state index contributed by atoms with van der Waals surface area (Å²) in [6.07, 6.45) is 4.60. The van der Waals surface area contributed by atoms with Gasteiger partial charge in [-0.05, 0) is 37.2 Å². The smallest absolute Gasteiger partial charge is 0.173 e. The van der Waals surface area contributed by atoms with Crippen LogP contribution >= 0.6 is 12.2 Å². The third-order valence-electron chi connectivity index (χ3n) is 3.50. The first kappa shape index (κ1) is 18.6. The fourth-order valence-corrected chi connectivity index (χ4v) is 2.41. The molecular weight excluding hydrogens is 296 g/mol. The van der Waals surface area contributed by atoms with Gasteiger partial charge < -0.3 is 19.7 Å². The largest absolute Gasteiger partial charge is 0.497 e. The highest BCUT2D eigenvalue weighted by atomic mass is 32.1. The van der Waals surface area contributed by atoms with E-state index in [1.54, 1.807) is 14.2 Å². The van der Waals surface area contributed by atoms with Crippen molar-refractivity contribution in [1.82, 2.24) is 4.90 Å². The van der Waals surface area contributed by atoms with E-state index < -0.39 is 0 Å². The highest BCUT2D eigenvalue weighted by molar-refractivity contribution is 7.80. The maximum absolute atomic E-state index is 5.59. The van der Waals surface area contributed by atoms with Crippen molar-refractivity contribution in [1.29, 1.82) is 0 Å². The molecule has 124 valence electrons. The van der Waals surface area contributed by atoms with Gasteiger partial charge in [-0.25, -0.2) is 0 Å². The minimum absolute atomic E-state index is 0.744. The number of rotatable bonds is 9. The van der Waals surface area contributed by atoms with Crippen LogP contribution in [0.3, 0.4) is 0 Å². The molecule has 0 saturated carbocycles. The Hall–Kier alpha value is -1.49. The highest BCUT2D eigenvalue weighted by Crippen LogP contribution is 2.29. The van der Waals surface area contributed by atoms with E-state index in [0.717, 1.165) is 61.1 Å². The first-order valence-corrected chi connectivity index (χ1v) is 8.35. The Balaban J connectivity index is 2.82. The number of ether oxygens (including phenoxy) is 2. The Morgan fingerprint density at radius 1 is 1.09 bits per heavy atom. The van der Waals surface area contributed by atoms with Gasteiger partial charge in [0, 0.05) is 19.2 Å². The quantitative estimate of drug-likeness (QED) is 0.685. The molecule has 0 bridgehead atoms. The number of nitrogens with one attached hydrogen (secondary N) is 1. The Morgan fingerprint density at radius 2 is 1.73 bits per heavy atom. The van der Waals surface area contributed by atoms with Crippen molar-refractivity contribution in [2.75, 3.05) is 32.6 Å². The lowest BCUT2D eigenvalue weighted by Crippen LogP contribution is -2.36. The molecule has 0 radical (unpaired) electrons. The van der Waals surface area contributed by atoms with Gasteiger partial charge >= 0.3 is 0 Å². The summed E-state index contributed by atoms with van der Waals surface area (Å²) in [6.45, 7) is 6.35. The van der Waals surface area contributed by atoms with Gasteiger partial charge in [-0.2, -0.15) is 0 Å². The van der Waals surface area contributed by atoms with Crippen molar-refractivity contribution < 1.29 is 9.47 Å². The molecule has 22 heavy (non-hydrogen) atoms. The van der Waals surface area contributed by atoms with Gasteiger partial charge in [0.2, 0.25) is 0 Å². The molecule has 0 saturated heterocycles. The molecule has 1 aromatic carbocycles. The average molecular weight is 324 g/mol. The van der Waals surface area contributed by atoms with E-state index in [4.69, 9.17) is 21.7 Å². The van der Waals surface area contributed by atoms with E-state index in [9.17, 15) is 0 Å². The second-order valence-corrected chi connectivity index (χ2v) is 5.58. The van der Waals surface area contributed by atoms with Crippen LogP contribution < -0.4 is 14.8 Å². The van der Waals surface area contributed by atoms with Crippen molar-refractivity contribution in [2.24, 2.45) is 0 Å². The predicted octanol–water partition coefficient (Wildman–Crippen LogP) is 4.30. The van der Waals surface area contributed by atoms with E-state index in [0.29, 0.717) is 0 Å². The van der Waals surface area contributed by atoms with Crippen LogP contribution in [0.5, 0.6) is 11.5 Å². The molecule has 0 aliphatic heterocycles.